The predicted molar refractivity (Wildman–Crippen MR) is 134 cm³/mol. The van der Waals surface area contributed by atoms with Crippen LogP contribution in [0.3, 0.4) is 0 Å². The Hall–Kier alpha value is -4.00. The first-order valence-corrected chi connectivity index (χ1v) is 11.5. The van der Waals surface area contributed by atoms with Gasteiger partial charge in [-0.05, 0) is 61.4 Å². The summed E-state index contributed by atoms with van der Waals surface area (Å²) in [6.07, 6.45) is 0.494. The zero-order valence-electron chi connectivity index (χ0n) is 20.0. The van der Waals surface area contributed by atoms with Crippen molar-refractivity contribution in [1.82, 2.24) is 4.90 Å². The fraction of sp³-hybridized carbons (Fsp3) is 0.250. The fourth-order valence-electron chi connectivity index (χ4n) is 4.54. The number of carbonyl (C=O) groups is 3. The summed E-state index contributed by atoms with van der Waals surface area (Å²) in [5.41, 5.74) is 2.66. The SMILES string of the molecule is CC(=O)N(C)CC(=O)N(c1ccccc1)C1CC(C)N(C(=O)c2ccc(F)cc2)c2ccccc21. The minimum atomic E-state index is -0.402. The normalized spacial score (nSPS) is 16.9. The van der Waals surface area contributed by atoms with Crippen molar-refractivity contribution in [1.29, 1.82) is 0 Å². The minimum absolute atomic E-state index is 0.0600. The zero-order chi connectivity index (χ0) is 25.1. The van der Waals surface area contributed by atoms with Crippen LogP contribution < -0.4 is 9.80 Å². The number of amides is 3. The molecule has 0 aromatic heterocycles. The summed E-state index contributed by atoms with van der Waals surface area (Å²) >= 11 is 0. The summed E-state index contributed by atoms with van der Waals surface area (Å²) in [5, 5.41) is 0. The van der Waals surface area contributed by atoms with Crippen LogP contribution in [0, 0.1) is 5.82 Å². The Bertz CT molecular complexity index is 1230. The molecular formula is C28H28FN3O3. The Kier molecular flexibility index (Phi) is 6.96. The van der Waals surface area contributed by atoms with Crippen molar-refractivity contribution >= 4 is 29.1 Å². The topological polar surface area (TPSA) is 60.9 Å². The average molecular weight is 474 g/mol. The second-order valence-electron chi connectivity index (χ2n) is 8.82. The molecule has 1 aliphatic heterocycles. The standard InChI is InChI=1S/C28H28FN3O3/c1-19-17-26(32(23-9-5-4-6-10-23)27(34)18-30(3)20(2)33)24-11-7-8-12-25(24)31(19)28(35)21-13-15-22(29)16-14-21/h4-16,19,26H,17-18H2,1-3H3. The van der Waals surface area contributed by atoms with Crippen LogP contribution in [0.4, 0.5) is 15.8 Å². The highest BCUT2D eigenvalue weighted by molar-refractivity contribution is 6.07. The molecule has 0 radical (unpaired) electrons. The van der Waals surface area contributed by atoms with Crippen molar-refractivity contribution < 1.29 is 18.8 Å². The highest BCUT2D eigenvalue weighted by Gasteiger charge is 2.39. The highest BCUT2D eigenvalue weighted by atomic mass is 19.1. The van der Waals surface area contributed by atoms with E-state index < -0.39 is 5.82 Å². The van der Waals surface area contributed by atoms with Gasteiger partial charge in [0, 0.05) is 37.0 Å². The van der Waals surface area contributed by atoms with Crippen LogP contribution in [0.2, 0.25) is 0 Å². The summed E-state index contributed by atoms with van der Waals surface area (Å²) in [7, 11) is 1.60. The van der Waals surface area contributed by atoms with Crippen molar-refractivity contribution in [2.24, 2.45) is 0 Å². The molecule has 3 amide bonds. The van der Waals surface area contributed by atoms with Gasteiger partial charge < -0.3 is 14.7 Å². The molecular weight excluding hydrogens is 445 g/mol. The second kappa shape index (κ2) is 10.1. The predicted octanol–water partition coefficient (Wildman–Crippen LogP) is 4.82. The number of hydrogen-bond acceptors (Lipinski definition) is 3. The van der Waals surface area contributed by atoms with Crippen molar-refractivity contribution in [3.63, 3.8) is 0 Å². The lowest BCUT2D eigenvalue weighted by molar-refractivity contribution is -0.132. The molecule has 2 unspecified atom stereocenters. The van der Waals surface area contributed by atoms with Gasteiger partial charge >= 0.3 is 0 Å². The summed E-state index contributed by atoms with van der Waals surface area (Å²) in [6.45, 7) is 3.31. The molecule has 2 atom stereocenters. The van der Waals surface area contributed by atoms with Gasteiger partial charge in [0.1, 0.15) is 5.82 Å². The maximum atomic E-state index is 13.6. The number of para-hydroxylation sites is 2. The summed E-state index contributed by atoms with van der Waals surface area (Å²) < 4.78 is 13.4. The first-order chi connectivity index (χ1) is 16.8. The van der Waals surface area contributed by atoms with Gasteiger partial charge in [-0.3, -0.25) is 14.4 Å². The van der Waals surface area contributed by atoms with Crippen LogP contribution in [0.5, 0.6) is 0 Å². The molecule has 0 spiro atoms. The fourth-order valence-corrected chi connectivity index (χ4v) is 4.54. The second-order valence-corrected chi connectivity index (χ2v) is 8.82. The van der Waals surface area contributed by atoms with Gasteiger partial charge in [0.15, 0.2) is 0 Å². The van der Waals surface area contributed by atoms with E-state index in [1.165, 1.54) is 36.1 Å². The molecule has 4 rings (SSSR count). The number of halogens is 1. The van der Waals surface area contributed by atoms with Crippen molar-refractivity contribution in [3.05, 3.63) is 95.8 Å². The largest absolute Gasteiger partial charge is 0.337 e. The zero-order valence-corrected chi connectivity index (χ0v) is 20.0. The Morgan fingerprint density at radius 1 is 0.943 bits per heavy atom. The maximum Gasteiger partial charge on any atom is 0.258 e. The Morgan fingerprint density at radius 2 is 1.57 bits per heavy atom. The highest BCUT2D eigenvalue weighted by Crippen LogP contribution is 2.42. The number of fused-ring (bicyclic) bond motifs is 1. The van der Waals surface area contributed by atoms with Crippen LogP contribution in [-0.2, 0) is 9.59 Å². The number of nitrogens with zero attached hydrogens (tertiary/aromatic N) is 3. The number of anilines is 2. The number of rotatable bonds is 5. The van der Waals surface area contributed by atoms with E-state index in [0.717, 1.165) is 11.3 Å². The molecule has 1 aliphatic rings. The maximum absolute atomic E-state index is 13.6. The molecule has 0 saturated heterocycles. The van der Waals surface area contributed by atoms with Gasteiger partial charge in [0.05, 0.1) is 12.6 Å². The van der Waals surface area contributed by atoms with Gasteiger partial charge in [0.25, 0.3) is 5.91 Å². The number of hydrogen-bond donors (Lipinski definition) is 0. The molecule has 3 aromatic carbocycles. The lowest BCUT2D eigenvalue weighted by Gasteiger charge is -2.44. The molecule has 180 valence electrons. The molecule has 7 heteroatoms. The van der Waals surface area contributed by atoms with Crippen molar-refractivity contribution in [3.8, 4) is 0 Å². The third-order valence-electron chi connectivity index (χ3n) is 6.40. The van der Waals surface area contributed by atoms with Gasteiger partial charge in [-0.1, -0.05) is 36.4 Å². The molecule has 0 N–H and O–H groups in total. The first-order valence-electron chi connectivity index (χ1n) is 11.5. The van der Waals surface area contributed by atoms with E-state index in [2.05, 4.69) is 0 Å². The molecule has 1 heterocycles. The molecule has 0 saturated carbocycles. The van der Waals surface area contributed by atoms with Crippen LogP contribution >= 0.6 is 0 Å². The lowest BCUT2D eigenvalue weighted by atomic mass is 9.89. The first kappa shape index (κ1) is 24.1. The van der Waals surface area contributed by atoms with Crippen molar-refractivity contribution in [2.45, 2.75) is 32.4 Å². The van der Waals surface area contributed by atoms with Crippen LogP contribution in [0.25, 0.3) is 0 Å². The van der Waals surface area contributed by atoms with E-state index in [1.807, 2.05) is 61.5 Å². The minimum Gasteiger partial charge on any atom is -0.337 e. The smallest absolute Gasteiger partial charge is 0.258 e. The van der Waals surface area contributed by atoms with E-state index in [0.29, 0.717) is 17.7 Å². The van der Waals surface area contributed by atoms with Gasteiger partial charge in [-0.15, -0.1) is 0 Å². The monoisotopic (exact) mass is 473 g/mol. The molecule has 35 heavy (non-hydrogen) atoms. The average Bonchev–Trinajstić information content (AvgIpc) is 2.85. The number of likely N-dealkylation sites (N-methyl/N-ethyl adjacent to an activating group) is 1. The third kappa shape index (κ3) is 4.94. The lowest BCUT2D eigenvalue weighted by Crippen LogP contribution is -2.49. The molecule has 0 bridgehead atoms. The van der Waals surface area contributed by atoms with Crippen LogP contribution in [0.15, 0.2) is 78.9 Å². The van der Waals surface area contributed by atoms with E-state index >= 15 is 0 Å². The van der Waals surface area contributed by atoms with E-state index in [-0.39, 0.29) is 36.3 Å². The quantitative estimate of drug-likeness (QED) is 0.534. The summed E-state index contributed by atoms with van der Waals surface area (Å²) in [4.78, 5) is 43.7. The third-order valence-corrected chi connectivity index (χ3v) is 6.40. The molecule has 0 aliphatic carbocycles. The number of carbonyl (C=O) groups excluding carboxylic acids is 3. The molecule has 6 nitrogen and oxygen atoms in total. The van der Waals surface area contributed by atoms with Crippen LogP contribution in [0.1, 0.15) is 42.2 Å². The Labute approximate surface area is 204 Å². The van der Waals surface area contributed by atoms with E-state index in [9.17, 15) is 18.8 Å². The molecule has 0 fully saturated rings. The van der Waals surface area contributed by atoms with Crippen molar-refractivity contribution in [2.75, 3.05) is 23.4 Å². The summed E-state index contributed by atoms with van der Waals surface area (Å²) in [6, 6.07) is 21.8. The van der Waals surface area contributed by atoms with E-state index in [4.69, 9.17) is 0 Å². The number of benzene rings is 3. The van der Waals surface area contributed by atoms with Crippen LogP contribution in [-0.4, -0.2) is 42.3 Å². The van der Waals surface area contributed by atoms with Gasteiger partial charge in [0.2, 0.25) is 11.8 Å². The van der Waals surface area contributed by atoms with Gasteiger partial charge in [-0.2, -0.15) is 0 Å². The Balaban J connectivity index is 1.76. The molecule has 3 aromatic rings. The summed E-state index contributed by atoms with van der Waals surface area (Å²) in [5.74, 6) is -1.03. The van der Waals surface area contributed by atoms with Gasteiger partial charge in [-0.25, -0.2) is 4.39 Å². The van der Waals surface area contributed by atoms with E-state index in [1.54, 1.807) is 16.8 Å². The Morgan fingerprint density at radius 3 is 2.23 bits per heavy atom.